The quantitative estimate of drug-likeness (QED) is 0.811. The van der Waals surface area contributed by atoms with Crippen LogP contribution in [0.2, 0.25) is 0 Å². The molecular formula is C12H9BrF4N2. The van der Waals surface area contributed by atoms with Gasteiger partial charge in [-0.3, -0.25) is 0 Å². The standard InChI is InChI=1S/C12H9BrF4N2/c1-2-18-9-5-10(12(15,16)17)19-11-7(9)3-6(13)4-8(11)14/h3-5H,2H2,1H3,(H,18,19). The summed E-state index contributed by atoms with van der Waals surface area (Å²) in [6.45, 7) is 2.17. The van der Waals surface area contributed by atoms with Gasteiger partial charge in [-0.2, -0.15) is 13.2 Å². The van der Waals surface area contributed by atoms with E-state index < -0.39 is 17.7 Å². The number of hydrogen-bond donors (Lipinski definition) is 1. The van der Waals surface area contributed by atoms with Crippen molar-refractivity contribution in [2.75, 3.05) is 11.9 Å². The fourth-order valence-corrected chi connectivity index (χ4v) is 2.16. The first-order chi connectivity index (χ1) is 8.82. The highest BCUT2D eigenvalue weighted by Gasteiger charge is 2.33. The maximum Gasteiger partial charge on any atom is 0.433 e. The van der Waals surface area contributed by atoms with Crippen LogP contribution >= 0.6 is 15.9 Å². The zero-order valence-corrected chi connectivity index (χ0v) is 11.4. The third kappa shape index (κ3) is 2.80. The second-order valence-corrected chi connectivity index (χ2v) is 4.78. The number of fused-ring (bicyclic) bond motifs is 1. The topological polar surface area (TPSA) is 24.9 Å². The monoisotopic (exact) mass is 336 g/mol. The van der Waals surface area contributed by atoms with E-state index in [1.165, 1.54) is 6.07 Å². The fraction of sp³-hybridized carbons (Fsp3) is 0.250. The van der Waals surface area contributed by atoms with E-state index in [-0.39, 0.29) is 11.2 Å². The van der Waals surface area contributed by atoms with Gasteiger partial charge in [-0.1, -0.05) is 15.9 Å². The van der Waals surface area contributed by atoms with Crippen LogP contribution in [0.1, 0.15) is 12.6 Å². The summed E-state index contributed by atoms with van der Waals surface area (Å²) in [5, 5.41) is 3.10. The normalized spacial score (nSPS) is 11.9. The molecule has 0 aliphatic rings. The number of nitrogens with one attached hydrogen (secondary N) is 1. The van der Waals surface area contributed by atoms with Gasteiger partial charge in [0.15, 0.2) is 5.82 Å². The van der Waals surface area contributed by atoms with Crippen molar-refractivity contribution in [1.29, 1.82) is 0 Å². The van der Waals surface area contributed by atoms with Gasteiger partial charge >= 0.3 is 6.18 Å². The van der Waals surface area contributed by atoms with Gasteiger partial charge in [-0.15, -0.1) is 0 Å². The molecule has 0 fully saturated rings. The van der Waals surface area contributed by atoms with Gasteiger partial charge in [0.1, 0.15) is 11.2 Å². The molecule has 0 spiro atoms. The molecule has 0 amide bonds. The minimum atomic E-state index is -4.61. The summed E-state index contributed by atoms with van der Waals surface area (Å²) in [5.74, 6) is -0.797. The maximum atomic E-state index is 13.7. The van der Waals surface area contributed by atoms with E-state index in [0.29, 0.717) is 16.4 Å². The Morgan fingerprint density at radius 2 is 1.95 bits per heavy atom. The van der Waals surface area contributed by atoms with Crippen molar-refractivity contribution in [3.63, 3.8) is 0 Å². The Bertz CT molecular complexity index is 625. The lowest BCUT2D eigenvalue weighted by Crippen LogP contribution is -2.10. The molecule has 1 N–H and O–H groups in total. The molecule has 0 saturated carbocycles. The third-order valence-corrected chi connectivity index (χ3v) is 2.95. The summed E-state index contributed by atoms with van der Waals surface area (Å²) < 4.78 is 52.4. The zero-order chi connectivity index (χ0) is 14.2. The van der Waals surface area contributed by atoms with E-state index in [1.807, 2.05) is 0 Å². The average Bonchev–Trinajstić information content (AvgIpc) is 2.28. The lowest BCUT2D eigenvalue weighted by atomic mass is 10.1. The van der Waals surface area contributed by atoms with Crippen molar-refractivity contribution >= 4 is 32.5 Å². The molecule has 102 valence electrons. The van der Waals surface area contributed by atoms with Crippen LogP contribution in [0.25, 0.3) is 10.9 Å². The van der Waals surface area contributed by atoms with Crippen molar-refractivity contribution in [2.45, 2.75) is 13.1 Å². The number of aromatic nitrogens is 1. The van der Waals surface area contributed by atoms with E-state index in [9.17, 15) is 17.6 Å². The van der Waals surface area contributed by atoms with Gasteiger partial charge in [0.05, 0.1) is 0 Å². The highest BCUT2D eigenvalue weighted by atomic mass is 79.9. The summed E-state index contributed by atoms with van der Waals surface area (Å²) in [5.41, 5.74) is -1.20. The van der Waals surface area contributed by atoms with E-state index >= 15 is 0 Å². The number of benzene rings is 1. The van der Waals surface area contributed by atoms with E-state index in [4.69, 9.17) is 0 Å². The predicted molar refractivity (Wildman–Crippen MR) is 68.6 cm³/mol. The van der Waals surface area contributed by atoms with Gasteiger partial charge in [-0.05, 0) is 25.1 Å². The Morgan fingerprint density at radius 1 is 1.26 bits per heavy atom. The molecule has 0 atom stereocenters. The molecule has 0 bridgehead atoms. The number of pyridine rings is 1. The van der Waals surface area contributed by atoms with E-state index in [2.05, 4.69) is 26.2 Å². The Hall–Kier alpha value is -1.37. The molecule has 0 aliphatic heterocycles. The third-order valence-electron chi connectivity index (χ3n) is 2.49. The van der Waals surface area contributed by atoms with Gasteiger partial charge in [-0.25, -0.2) is 9.37 Å². The summed E-state index contributed by atoms with van der Waals surface area (Å²) >= 11 is 3.11. The molecule has 1 aromatic heterocycles. The van der Waals surface area contributed by atoms with Crippen molar-refractivity contribution in [3.8, 4) is 0 Å². The number of anilines is 1. The molecular weight excluding hydrogens is 328 g/mol. The second kappa shape index (κ2) is 4.96. The first-order valence-electron chi connectivity index (χ1n) is 5.43. The molecule has 0 unspecified atom stereocenters. The largest absolute Gasteiger partial charge is 0.433 e. The highest BCUT2D eigenvalue weighted by molar-refractivity contribution is 9.10. The lowest BCUT2D eigenvalue weighted by molar-refractivity contribution is -0.140. The van der Waals surface area contributed by atoms with E-state index in [0.717, 1.165) is 12.1 Å². The Morgan fingerprint density at radius 3 is 2.53 bits per heavy atom. The molecule has 1 heterocycles. The van der Waals surface area contributed by atoms with Crippen LogP contribution in [0.4, 0.5) is 23.2 Å². The Labute approximate surface area is 115 Å². The van der Waals surface area contributed by atoms with Crippen LogP contribution < -0.4 is 5.32 Å². The van der Waals surface area contributed by atoms with Gasteiger partial charge in [0.2, 0.25) is 0 Å². The van der Waals surface area contributed by atoms with E-state index in [1.54, 1.807) is 6.92 Å². The summed E-state index contributed by atoms with van der Waals surface area (Å²) in [4.78, 5) is 3.37. The van der Waals surface area contributed by atoms with Crippen molar-refractivity contribution in [2.24, 2.45) is 0 Å². The summed E-state index contributed by atoms with van der Waals surface area (Å²) in [6.07, 6.45) is -4.61. The predicted octanol–water partition coefficient (Wildman–Crippen LogP) is 4.59. The van der Waals surface area contributed by atoms with Gasteiger partial charge in [0.25, 0.3) is 0 Å². The van der Waals surface area contributed by atoms with Gasteiger partial charge in [0, 0.05) is 22.1 Å². The number of nitrogens with zero attached hydrogens (tertiary/aromatic N) is 1. The first kappa shape index (κ1) is 14.0. The van der Waals surface area contributed by atoms with Crippen molar-refractivity contribution in [1.82, 2.24) is 4.98 Å². The fourth-order valence-electron chi connectivity index (χ4n) is 1.73. The molecule has 2 rings (SSSR count). The molecule has 2 nitrogen and oxygen atoms in total. The Kier molecular flexibility index (Phi) is 3.66. The SMILES string of the molecule is CCNc1cc(C(F)(F)F)nc2c(F)cc(Br)cc12. The number of rotatable bonds is 2. The van der Waals surface area contributed by atoms with Crippen molar-refractivity contribution < 1.29 is 17.6 Å². The molecule has 19 heavy (non-hydrogen) atoms. The molecule has 0 aliphatic carbocycles. The molecule has 7 heteroatoms. The first-order valence-corrected chi connectivity index (χ1v) is 6.23. The second-order valence-electron chi connectivity index (χ2n) is 3.87. The van der Waals surface area contributed by atoms with Crippen molar-refractivity contribution in [3.05, 3.63) is 34.2 Å². The number of alkyl halides is 3. The van der Waals surface area contributed by atoms with Crippen LogP contribution in [0.5, 0.6) is 0 Å². The van der Waals surface area contributed by atoms with Crippen LogP contribution in [-0.4, -0.2) is 11.5 Å². The van der Waals surface area contributed by atoms with Crippen LogP contribution in [0.15, 0.2) is 22.7 Å². The summed E-state index contributed by atoms with van der Waals surface area (Å²) in [7, 11) is 0. The average molecular weight is 337 g/mol. The molecule has 0 saturated heterocycles. The molecule has 0 radical (unpaired) electrons. The molecule has 2 aromatic rings. The molecule has 1 aromatic carbocycles. The van der Waals surface area contributed by atoms with Crippen LogP contribution in [0.3, 0.4) is 0 Å². The van der Waals surface area contributed by atoms with Crippen LogP contribution in [0, 0.1) is 5.82 Å². The number of halogens is 5. The minimum absolute atomic E-state index is 0.208. The highest BCUT2D eigenvalue weighted by Crippen LogP contribution is 2.35. The maximum absolute atomic E-state index is 13.7. The zero-order valence-electron chi connectivity index (χ0n) is 9.78. The number of hydrogen-bond acceptors (Lipinski definition) is 2. The lowest BCUT2D eigenvalue weighted by Gasteiger charge is -2.13. The summed E-state index contributed by atoms with van der Waals surface area (Å²) in [6, 6.07) is 3.51. The van der Waals surface area contributed by atoms with Crippen LogP contribution in [-0.2, 0) is 6.18 Å². The smallest absolute Gasteiger partial charge is 0.385 e. The van der Waals surface area contributed by atoms with Gasteiger partial charge < -0.3 is 5.32 Å². The minimum Gasteiger partial charge on any atom is -0.385 e. The Balaban J connectivity index is 2.79.